The Morgan fingerprint density at radius 1 is 1.17 bits per heavy atom. The summed E-state index contributed by atoms with van der Waals surface area (Å²) in [5.41, 5.74) is 7.80. The molecule has 1 aromatic heterocycles. The molecule has 1 amide bonds. The number of benzene rings is 1. The van der Waals surface area contributed by atoms with Crippen LogP contribution in [0.15, 0.2) is 53.7 Å². The van der Waals surface area contributed by atoms with E-state index in [0.717, 1.165) is 36.7 Å². The molecule has 0 saturated carbocycles. The maximum atomic E-state index is 11.1. The molecule has 0 spiro atoms. The number of pyridine rings is 1. The Morgan fingerprint density at radius 3 is 2.58 bits per heavy atom. The Bertz CT molecular complexity index is 668. The minimum absolute atomic E-state index is 0.422. The summed E-state index contributed by atoms with van der Waals surface area (Å²) in [6.07, 6.45) is 2.63. The summed E-state index contributed by atoms with van der Waals surface area (Å²) in [5.74, 6) is 0.335. The monoisotopic (exact) mass is 325 g/mol. The molecular formula is C18H23N5O. The van der Waals surface area contributed by atoms with E-state index < -0.39 is 5.91 Å². The molecule has 4 N–H and O–H groups in total. The van der Waals surface area contributed by atoms with E-state index in [9.17, 15) is 4.79 Å². The Labute approximate surface area is 142 Å². The number of guanidine groups is 1. The fourth-order valence-corrected chi connectivity index (χ4v) is 2.14. The van der Waals surface area contributed by atoms with E-state index >= 15 is 0 Å². The van der Waals surface area contributed by atoms with Crippen LogP contribution in [0.25, 0.3) is 0 Å². The van der Waals surface area contributed by atoms with Gasteiger partial charge in [0.2, 0.25) is 5.91 Å². The highest BCUT2D eigenvalue weighted by molar-refractivity contribution is 5.92. The number of carbonyl (C=O) groups excluding carboxylic acids is 1. The highest BCUT2D eigenvalue weighted by Gasteiger charge is 2.01. The second-order valence-corrected chi connectivity index (χ2v) is 5.25. The number of carbonyl (C=O) groups is 1. The van der Waals surface area contributed by atoms with Crippen LogP contribution in [0.4, 0.5) is 0 Å². The maximum Gasteiger partial charge on any atom is 0.248 e. The molecule has 0 atom stereocenters. The smallest absolute Gasteiger partial charge is 0.248 e. The molecule has 0 saturated heterocycles. The van der Waals surface area contributed by atoms with Gasteiger partial charge in [-0.1, -0.05) is 18.2 Å². The van der Waals surface area contributed by atoms with Gasteiger partial charge in [0, 0.05) is 37.0 Å². The molecular weight excluding hydrogens is 302 g/mol. The fraction of sp³-hybridized carbons (Fsp3) is 0.278. The number of primary amides is 1. The molecule has 6 nitrogen and oxygen atoms in total. The Morgan fingerprint density at radius 2 is 1.96 bits per heavy atom. The van der Waals surface area contributed by atoms with Crippen LogP contribution in [0.2, 0.25) is 0 Å². The minimum Gasteiger partial charge on any atom is -0.366 e. The number of nitrogens with zero attached hydrogens (tertiary/aromatic N) is 2. The van der Waals surface area contributed by atoms with E-state index in [1.54, 1.807) is 18.3 Å². The number of hydrogen-bond acceptors (Lipinski definition) is 3. The second-order valence-electron chi connectivity index (χ2n) is 5.25. The van der Waals surface area contributed by atoms with E-state index in [1.807, 2.05) is 37.3 Å². The van der Waals surface area contributed by atoms with E-state index in [2.05, 4.69) is 20.6 Å². The first-order valence-corrected chi connectivity index (χ1v) is 8.00. The molecule has 126 valence electrons. The number of aromatic nitrogens is 1. The first kappa shape index (κ1) is 17.5. The quantitative estimate of drug-likeness (QED) is 0.531. The maximum absolute atomic E-state index is 11.1. The number of aliphatic imine (C=N–C) groups is 1. The van der Waals surface area contributed by atoms with Crippen molar-refractivity contribution in [3.8, 4) is 0 Å². The zero-order valence-electron chi connectivity index (χ0n) is 13.8. The SMILES string of the molecule is CCNC(=NCc1ccc(C(N)=O)cc1)NCCc1ccccn1. The average molecular weight is 325 g/mol. The van der Waals surface area contributed by atoms with Crippen LogP contribution in [0.1, 0.15) is 28.5 Å². The third kappa shape index (κ3) is 5.72. The third-order valence-electron chi connectivity index (χ3n) is 3.40. The molecule has 0 bridgehead atoms. The lowest BCUT2D eigenvalue weighted by atomic mass is 10.1. The largest absolute Gasteiger partial charge is 0.366 e. The van der Waals surface area contributed by atoms with Gasteiger partial charge in [-0.25, -0.2) is 4.99 Å². The van der Waals surface area contributed by atoms with Crippen molar-refractivity contribution in [2.45, 2.75) is 19.9 Å². The van der Waals surface area contributed by atoms with Gasteiger partial charge in [-0.15, -0.1) is 0 Å². The lowest BCUT2D eigenvalue weighted by Crippen LogP contribution is -2.38. The first-order chi connectivity index (χ1) is 11.7. The number of nitrogens with one attached hydrogen (secondary N) is 2. The van der Waals surface area contributed by atoms with Crippen LogP contribution in [0.5, 0.6) is 0 Å². The van der Waals surface area contributed by atoms with Crippen molar-refractivity contribution in [2.75, 3.05) is 13.1 Å². The Hall–Kier alpha value is -2.89. The molecule has 1 heterocycles. The van der Waals surface area contributed by atoms with Gasteiger partial charge in [0.15, 0.2) is 5.96 Å². The predicted octanol–water partition coefficient (Wildman–Crippen LogP) is 1.48. The molecule has 0 unspecified atom stereocenters. The predicted molar refractivity (Wildman–Crippen MR) is 95.7 cm³/mol. The average Bonchev–Trinajstić information content (AvgIpc) is 2.61. The van der Waals surface area contributed by atoms with Gasteiger partial charge in [0.1, 0.15) is 0 Å². The fourth-order valence-electron chi connectivity index (χ4n) is 2.14. The molecule has 1 aromatic carbocycles. The van der Waals surface area contributed by atoms with Crippen LogP contribution in [-0.2, 0) is 13.0 Å². The van der Waals surface area contributed by atoms with Crippen molar-refractivity contribution in [3.63, 3.8) is 0 Å². The second kappa shape index (κ2) is 9.29. The van der Waals surface area contributed by atoms with E-state index in [-0.39, 0.29) is 0 Å². The number of nitrogens with two attached hydrogens (primary N) is 1. The van der Waals surface area contributed by atoms with Crippen LogP contribution in [-0.4, -0.2) is 29.9 Å². The van der Waals surface area contributed by atoms with Crippen LogP contribution in [0, 0.1) is 0 Å². The molecule has 2 rings (SSSR count). The van der Waals surface area contributed by atoms with Crippen molar-refractivity contribution in [1.82, 2.24) is 15.6 Å². The summed E-state index contributed by atoms with van der Waals surface area (Å²) in [6, 6.07) is 13.1. The standard InChI is InChI=1S/C18H23N5O/c1-2-20-18(22-12-10-16-5-3-4-11-21-16)23-13-14-6-8-15(9-7-14)17(19)24/h3-9,11H,2,10,12-13H2,1H3,(H2,19,24)(H2,20,22,23). The highest BCUT2D eigenvalue weighted by atomic mass is 16.1. The van der Waals surface area contributed by atoms with Gasteiger partial charge in [0.05, 0.1) is 6.54 Å². The van der Waals surface area contributed by atoms with Crippen LogP contribution >= 0.6 is 0 Å². The number of amides is 1. The van der Waals surface area contributed by atoms with Gasteiger partial charge in [-0.05, 0) is 36.8 Å². The molecule has 6 heteroatoms. The van der Waals surface area contributed by atoms with Gasteiger partial charge in [-0.2, -0.15) is 0 Å². The molecule has 0 aliphatic heterocycles. The number of hydrogen-bond donors (Lipinski definition) is 3. The zero-order chi connectivity index (χ0) is 17.2. The summed E-state index contributed by atoms with van der Waals surface area (Å²) < 4.78 is 0. The van der Waals surface area contributed by atoms with E-state index in [1.165, 1.54) is 0 Å². The minimum atomic E-state index is -0.422. The lowest BCUT2D eigenvalue weighted by molar-refractivity contribution is 0.100. The third-order valence-corrected chi connectivity index (χ3v) is 3.40. The summed E-state index contributed by atoms with van der Waals surface area (Å²) in [6.45, 7) is 4.09. The molecule has 0 aliphatic carbocycles. The summed E-state index contributed by atoms with van der Waals surface area (Å²) in [5, 5.41) is 6.51. The van der Waals surface area contributed by atoms with Crippen molar-refractivity contribution >= 4 is 11.9 Å². The first-order valence-electron chi connectivity index (χ1n) is 8.00. The van der Waals surface area contributed by atoms with Crippen LogP contribution in [0.3, 0.4) is 0 Å². The zero-order valence-corrected chi connectivity index (χ0v) is 13.8. The molecule has 24 heavy (non-hydrogen) atoms. The Balaban J connectivity index is 1.88. The molecule has 0 fully saturated rings. The highest BCUT2D eigenvalue weighted by Crippen LogP contribution is 2.05. The van der Waals surface area contributed by atoms with E-state index in [4.69, 9.17) is 5.73 Å². The molecule has 2 aromatic rings. The topological polar surface area (TPSA) is 92.4 Å². The van der Waals surface area contributed by atoms with Crippen molar-refractivity contribution in [2.24, 2.45) is 10.7 Å². The summed E-state index contributed by atoms with van der Waals surface area (Å²) in [4.78, 5) is 19.9. The van der Waals surface area contributed by atoms with E-state index in [0.29, 0.717) is 12.1 Å². The summed E-state index contributed by atoms with van der Waals surface area (Å²) in [7, 11) is 0. The van der Waals surface area contributed by atoms with Gasteiger partial charge in [-0.3, -0.25) is 9.78 Å². The normalized spacial score (nSPS) is 11.1. The summed E-state index contributed by atoms with van der Waals surface area (Å²) >= 11 is 0. The van der Waals surface area contributed by atoms with Gasteiger partial charge < -0.3 is 16.4 Å². The lowest BCUT2D eigenvalue weighted by Gasteiger charge is -2.11. The van der Waals surface area contributed by atoms with Crippen molar-refractivity contribution in [1.29, 1.82) is 0 Å². The van der Waals surface area contributed by atoms with Crippen molar-refractivity contribution in [3.05, 3.63) is 65.5 Å². The molecule has 0 radical (unpaired) electrons. The number of rotatable bonds is 7. The Kier molecular flexibility index (Phi) is 6.76. The van der Waals surface area contributed by atoms with Crippen LogP contribution < -0.4 is 16.4 Å². The van der Waals surface area contributed by atoms with Gasteiger partial charge >= 0.3 is 0 Å². The van der Waals surface area contributed by atoms with Gasteiger partial charge in [0.25, 0.3) is 0 Å². The molecule has 0 aliphatic rings. The van der Waals surface area contributed by atoms with Crippen molar-refractivity contribution < 1.29 is 4.79 Å².